The Morgan fingerprint density at radius 2 is 2.00 bits per heavy atom. The highest BCUT2D eigenvalue weighted by Crippen LogP contribution is 2.09. The van der Waals surface area contributed by atoms with E-state index in [0.29, 0.717) is 6.04 Å². The number of nitrogens with zero attached hydrogens (tertiary/aromatic N) is 3. The molecule has 0 aliphatic rings. The molecule has 2 aromatic rings. The van der Waals surface area contributed by atoms with Crippen LogP contribution in [0.4, 0.5) is 0 Å². The molecular weight excluding hydrogens is 212 g/mol. The molecule has 1 N–H and O–H groups in total. The first-order valence-electron chi connectivity index (χ1n) is 5.87. The SMILES string of the molecule is CC(NCCc1ccnn1C)c1ccncc1. The van der Waals surface area contributed by atoms with Crippen LogP contribution in [0.25, 0.3) is 0 Å². The van der Waals surface area contributed by atoms with Crippen molar-refractivity contribution in [2.75, 3.05) is 6.54 Å². The van der Waals surface area contributed by atoms with E-state index in [4.69, 9.17) is 0 Å². The second-order valence-electron chi connectivity index (χ2n) is 4.15. The van der Waals surface area contributed by atoms with Crippen LogP contribution in [-0.4, -0.2) is 21.3 Å². The third-order valence-electron chi connectivity index (χ3n) is 2.96. The summed E-state index contributed by atoms with van der Waals surface area (Å²) in [6.45, 7) is 3.11. The summed E-state index contributed by atoms with van der Waals surface area (Å²) in [4.78, 5) is 4.02. The molecule has 0 saturated heterocycles. The minimum Gasteiger partial charge on any atom is -0.310 e. The zero-order valence-electron chi connectivity index (χ0n) is 10.3. The molecule has 2 aromatic heterocycles. The van der Waals surface area contributed by atoms with Crippen molar-refractivity contribution in [1.29, 1.82) is 0 Å². The molecule has 0 amide bonds. The van der Waals surface area contributed by atoms with Gasteiger partial charge in [0.2, 0.25) is 0 Å². The van der Waals surface area contributed by atoms with E-state index in [9.17, 15) is 0 Å². The summed E-state index contributed by atoms with van der Waals surface area (Å²) in [6.07, 6.45) is 6.48. The van der Waals surface area contributed by atoms with Gasteiger partial charge in [0.05, 0.1) is 0 Å². The molecule has 2 rings (SSSR count). The summed E-state index contributed by atoms with van der Waals surface area (Å²) < 4.78 is 1.92. The van der Waals surface area contributed by atoms with E-state index in [1.165, 1.54) is 11.3 Å². The van der Waals surface area contributed by atoms with Crippen molar-refractivity contribution in [3.05, 3.63) is 48.0 Å². The fourth-order valence-electron chi connectivity index (χ4n) is 1.83. The van der Waals surface area contributed by atoms with Crippen LogP contribution in [0.3, 0.4) is 0 Å². The summed E-state index contributed by atoms with van der Waals surface area (Å²) in [5, 5.41) is 7.65. The van der Waals surface area contributed by atoms with Gasteiger partial charge in [-0.05, 0) is 30.7 Å². The maximum absolute atomic E-state index is 4.15. The molecule has 0 saturated carbocycles. The van der Waals surface area contributed by atoms with E-state index in [1.54, 1.807) is 0 Å². The number of nitrogens with one attached hydrogen (secondary N) is 1. The Morgan fingerprint density at radius 1 is 1.24 bits per heavy atom. The van der Waals surface area contributed by atoms with Gasteiger partial charge in [0.15, 0.2) is 0 Å². The number of hydrogen-bond acceptors (Lipinski definition) is 3. The highest BCUT2D eigenvalue weighted by atomic mass is 15.3. The first-order chi connectivity index (χ1) is 8.27. The Bertz CT molecular complexity index is 449. The third kappa shape index (κ3) is 3.14. The smallest absolute Gasteiger partial charge is 0.0492 e. The Balaban J connectivity index is 1.81. The zero-order chi connectivity index (χ0) is 12.1. The molecule has 1 atom stereocenters. The van der Waals surface area contributed by atoms with Gasteiger partial charge in [0.1, 0.15) is 0 Å². The van der Waals surface area contributed by atoms with Crippen molar-refractivity contribution in [2.45, 2.75) is 19.4 Å². The standard InChI is InChI=1S/C13H18N4/c1-11(12-3-7-14-8-4-12)15-9-5-13-6-10-16-17(13)2/h3-4,6-8,10-11,15H,5,9H2,1-2H3. The second-order valence-corrected chi connectivity index (χ2v) is 4.15. The molecule has 0 aliphatic heterocycles. The van der Waals surface area contributed by atoms with Gasteiger partial charge in [0.25, 0.3) is 0 Å². The van der Waals surface area contributed by atoms with Gasteiger partial charge in [0, 0.05) is 50.3 Å². The van der Waals surface area contributed by atoms with E-state index in [1.807, 2.05) is 42.5 Å². The van der Waals surface area contributed by atoms with Crippen LogP contribution < -0.4 is 5.32 Å². The largest absolute Gasteiger partial charge is 0.310 e. The third-order valence-corrected chi connectivity index (χ3v) is 2.96. The molecule has 0 bridgehead atoms. The molecule has 0 aromatic carbocycles. The van der Waals surface area contributed by atoms with Crippen LogP contribution in [0.5, 0.6) is 0 Å². The summed E-state index contributed by atoms with van der Waals surface area (Å²) in [6, 6.07) is 6.49. The average molecular weight is 230 g/mol. The molecule has 0 fully saturated rings. The quantitative estimate of drug-likeness (QED) is 0.850. The molecule has 4 nitrogen and oxygen atoms in total. The van der Waals surface area contributed by atoms with Gasteiger partial charge in [-0.15, -0.1) is 0 Å². The fraction of sp³-hybridized carbons (Fsp3) is 0.385. The Hall–Kier alpha value is -1.68. The van der Waals surface area contributed by atoms with Crippen molar-refractivity contribution in [3.63, 3.8) is 0 Å². The van der Waals surface area contributed by atoms with Gasteiger partial charge in [-0.25, -0.2) is 0 Å². The van der Waals surface area contributed by atoms with E-state index < -0.39 is 0 Å². The molecule has 90 valence electrons. The molecule has 1 unspecified atom stereocenters. The van der Waals surface area contributed by atoms with Gasteiger partial charge in [-0.2, -0.15) is 5.10 Å². The predicted molar refractivity (Wildman–Crippen MR) is 67.6 cm³/mol. The number of aromatic nitrogens is 3. The highest BCUT2D eigenvalue weighted by Gasteiger charge is 2.04. The zero-order valence-corrected chi connectivity index (χ0v) is 10.3. The molecule has 0 radical (unpaired) electrons. The average Bonchev–Trinajstić information content (AvgIpc) is 2.76. The van der Waals surface area contributed by atoms with E-state index >= 15 is 0 Å². The van der Waals surface area contributed by atoms with Crippen molar-refractivity contribution in [3.8, 4) is 0 Å². The maximum atomic E-state index is 4.15. The number of pyridine rings is 1. The molecule has 0 aliphatic carbocycles. The lowest BCUT2D eigenvalue weighted by Crippen LogP contribution is -2.22. The van der Waals surface area contributed by atoms with Crippen LogP contribution in [0.2, 0.25) is 0 Å². The first-order valence-corrected chi connectivity index (χ1v) is 5.87. The van der Waals surface area contributed by atoms with Crippen molar-refractivity contribution in [1.82, 2.24) is 20.1 Å². The predicted octanol–water partition coefficient (Wildman–Crippen LogP) is 1.71. The lowest BCUT2D eigenvalue weighted by Gasteiger charge is -2.13. The molecule has 2 heterocycles. The van der Waals surface area contributed by atoms with E-state index in [0.717, 1.165) is 13.0 Å². The number of aryl methyl sites for hydroxylation is 1. The van der Waals surface area contributed by atoms with Gasteiger partial charge in [-0.3, -0.25) is 9.67 Å². The van der Waals surface area contributed by atoms with Crippen molar-refractivity contribution >= 4 is 0 Å². The molecule has 0 spiro atoms. The van der Waals surface area contributed by atoms with E-state index in [2.05, 4.69) is 28.4 Å². The van der Waals surface area contributed by atoms with Gasteiger partial charge < -0.3 is 5.32 Å². The van der Waals surface area contributed by atoms with Gasteiger partial charge in [-0.1, -0.05) is 0 Å². The first kappa shape index (κ1) is 11.8. The van der Waals surface area contributed by atoms with Gasteiger partial charge >= 0.3 is 0 Å². The van der Waals surface area contributed by atoms with Crippen LogP contribution in [-0.2, 0) is 13.5 Å². The highest BCUT2D eigenvalue weighted by molar-refractivity contribution is 5.14. The minimum atomic E-state index is 0.353. The van der Waals surface area contributed by atoms with Crippen LogP contribution in [0.1, 0.15) is 24.2 Å². The van der Waals surface area contributed by atoms with Crippen molar-refractivity contribution in [2.24, 2.45) is 7.05 Å². The van der Waals surface area contributed by atoms with Crippen LogP contribution >= 0.6 is 0 Å². The normalized spacial score (nSPS) is 12.6. The maximum Gasteiger partial charge on any atom is 0.0492 e. The lowest BCUT2D eigenvalue weighted by molar-refractivity contribution is 0.563. The summed E-state index contributed by atoms with van der Waals surface area (Å²) in [7, 11) is 1.97. The lowest BCUT2D eigenvalue weighted by atomic mass is 10.1. The van der Waals surface area contributed by atoms with Crippen molar-refractivity contribution < 1.29 is 0 Å². The molecular formula is C13H18N4. The number of hydrogen-bond donors (Lipinski definition) is 1. The topological polar surface area (TPSA) is 42.7 Å². The minimum absolute atomic E-state index is 0.353. The summed E-state index contributed by atoms with van der Waals surface area (Å²) in [5.74, 6) is 0. The monoisotopic (exact) mass is 230 g/mol. The van der Waals surface area contributed by atoms with Crippen LogP contribution in [0, 0.1) is 0 Å². The fourth-order valence-corrected chi connectivity index (χ4v) is 1.83. The Kier molecular flexibility index (Phi) is 3.88. The Morgan fingerprint density at radius 3 is 2.65 bits per heavy atom. The molecule has 17 heavy (non-hydrogen) atoms. The summed E-state index contributed by atoms with van der Waals surface area (Å²) >= 11 is 0. The second kappa shape index (κ2) is 5.59. The summed E-state index contributed by atoms with van der Waals surface area (Å²) in [5.41, 5.74) is 2.52. The van der Waals surface area contributed by atoms with Crippen LogP contribution in [0.15, 0.2) is 36.8 Å². The van der Waals surface area contributed by atoms with E-state index in [-0.39, 0.29) is 0 Å². The number of rotatable bonds is 5. The molecule has 4 heteroatoms. The Labute approximate surface area is 102 Å².